The molecule has 0 spiro atoms. The van der Waals surface area contributed by atoms with E-state index in [1.807, 2.05) is 37.0 Å². The van der Waals surface area contributed by atoms with Crippen molar-refractivity contribution < 1.29 is 0 Å². The van der Waals surface area contributed by atoms with Crippen LogP contribution in [0.5, 0.6) is 0 Å². The minimum atomic E-state index is 0.425. The molecule has 1 aliphatic heterocycles. The van der Waals surface area contributed by atoms with Crippen LogP contribution in [0.1, 0.15) is 32.9 Å². The summed E-state index contributed by atoms with van der Waals surface area (Å²) >= 11 is 0. The lowest BCUT2D eigenvalue weighted by Gasteiger charge is -2.25. The maximum atomic E-state index is 4.39. The molecule has 6 heteroatoms. The molecular weight excluding hydrogens is 324 g/mol. The summed E-state index contributed by atoms with van der Waals surface area (Å²) in [6.07, 6.45) is 3.26. The van der Waals surface area contributed by atoms with Crippen molar-refractivity contribution in [1.82, 2.24) is 24.9 Å². The van der Waals surface area contributed by atoms with Gasteiger partial charge in [-0.25, -0.2) is 0 Å². The standard InChI is InChI=1S/C20H30N6/c1-13-14(10-25(5)24-13)17-6-7-18(23-22-17)21-19-15-11-26(12-16(15)19)9-8-20(2,3)4/h6-7,10,15-16,19H,8-9,11-12H2,1-5H3,(H,21,23)/t15-,16+,19+. The fourth-order valence-corrected chi connectivity index (χ4v) is 4.08. The van der Waals surface area contributed by atoms with Crippen molar-refractivity contribution in [3.05, 3.63) is 24.0 Å². The lowest BCUT2D eigenvalue weighted by Crippen LogP contribution is -2.30. The summed E-state index contributed by atoms with van der Waals surface area (Å²) in [5.41, 5.74) is 3.33. The molecule has 1 saturated carbocycles. The van der Waals surface area contributed by atoms with E-state index in [2.05, 4.69) is 46.3 Å². The molecule has 0 radical (unpaired) electrons. The van der Waals surface area contributed by atoms with Gasteiger partial charge in [0.25, 0.3) is 0 Å². The van der Waals surface area contributed by atoms with E-state index in [9.17, 15) is 0 Å². The quantitative estimate of drug-likeness (QED) is 0.894. The van der Waals surface area contributed by atoms with E-state index in [1.165, 1.54) is 26.1 Å². The highest BCUT2D eigenvalue weighted by molar-refractivity contribution is 5.61. The summed E-state index contributed by atoms with van der Waals surface area (Å²) in [5.74, 6) is 2.44. The Kier molecular flexibility index (Phi) is 4.26. The van der Waals surface area contributed by atoms with Crippen LogP contribution in [0.4, 0.5) is 5.82 Å². The second-order valence-electron chi connectivity index (χ2n) is 9.17. The van der Waals surface area contributed by atoms with Gasteiger partial charge in [0.05, 0.1) is 11.4 Å². The first kappa shape index (κ1) is 17.5. The van der Waals surface area contributed by atoms with Crippen LogP contribution in [0.25, 0.3) is 11.3 Å². The first-order chi connectivity index (χ1) is 12.3. The van der Waals surface area contributed by atoms with Crippen molar-refractivity contribution in [2.24, 2.45) is 24.3 Å². The molecule has 1 aliphatic carbocycles. The van der Waals surface area contributed by atoms with Gasteiger partial charge in [-0.2, -0.15) is 5.10 Å². The van der Waals surface area contributed by atoms with Gasteiger partial charge < -0.3 is 10.2 Å². The lowest BCUT2D eigenvalue weighted by molar-refractivity contribution is 0.245. The van der Waals surface area contributed by atoms with Crippen LogP contribution >= 0.6 is 0 Å². The molecular formula is C20H30N6. The second kappa shape index (κ2) is 6.34. The molecule has 3 atom stereocenters. The van der Waals surface area contributed by atoms with Crippen molar-refractivity contribution in [2.75, 3.05) is 25.0 Å². The van der Waals surface area contributed by atoms with Gasteiger partial charge in [-0.05, 0) is 49.3 Å². The maximum Gasteiger partial charge on any atom is 0.148 e. The van der Waals surface area contributed by atoms with E-state index in [1.54, 1.807) is 0 Å². The Labute approximate surface area is 156 Å². The van der Waals surface area contributed by atoms with Crippen molar-refractivity contribution in [3.63, 3.8) is 0 Å². The number of hydrogen-bond acceptors (Lipinski definition) is 5. The van der Waals surface area contributed by atoms with Gasteiger partial charge in [-0.1, -0.05) is 20.8 Å². The van der Waals surface area contributed by atoms with Crippen LogP contribution in [0.15, 0.2) is 18.3 Å². The van der Waals surface area contributed by atoms with E-state index in [0.717, 1.165) is 34.6 Å². The molecule has 1 saturated heterocycles. The Hall–Kier alpha value is -1.95. The van der Waals surface area contributed by atoms with Gasteiger partial charge in [0.1, 0.15) is 5.82 Å². The number of aromatic nitrogens is 4. The van der Waals surface area contributed by atoms with E-state index in [4.69, 9.17) is 0 Å². The SMILES string of the molecule is Cc1nn(C)cc1-c1ccc(N[C@H]2[C@@H]3CN(CCC(C)(C)C)C[C@@H]32)nn1. The molecule has 6 nitrogen and oxygen atoms in total. The van der Waals surface area contributed by atoms with Gasteiger partial charge >= 0.3 is 0 Å². The Morgan fingerprint density at radius 3 is 2.42 bits per heavy atom. The summed E-state index contributed by atoms with van der Waals surface area (Å²) in [5, 5.41) is 16.7. The predicted molar refractivity (Wildman–Crippen MR) is 104 cm³/mol. The maximum absolute atomic E-state index is 4.39. The number of fused-ring (bicyclic) bond motifs is 1. The molecule has 0 aromatic carbocycles. The first-order valence-corrected chi connectivity index (χ1v) is 9.63. The van der Waals surface area contributed by atoms with Crippen molar-refractivity contribution in [3.8, 4) is 11.3 Å². The highest BCUT2D eigenvalue weighted by Gasteiger charge is 2.55. The average molecular weight is 355 g/mol. The zero-order chi connectivity index (χ0) is 18.5. The normalized spacial score (nSPS) is 25.3. The Bertz CT molecular complexity index is 761. The Morgan fingerprint density at radius 2 is 1.88 bits per heavy atom. The van der Waals surface area contributed by atoms with Crippen LogP contribution < -0.4 is 5.32 Å². The Morgan fingerprint density at radius 1 is 1.15 bits per heavy atom. The zero-order valence-corrected chi connectivity index (χ0v) is 16.5. The highest BCUT2D eigenvalue weighted by Crippen LogP contribution is 2.47. The fraction of sp³-hybridized carbons (Fsp3) is 0.650. The fourth-order valence-electron chi connectivity index (χ4n) is 4.08. The molecule has 1 N–H and O–H groups in total. The smallest absolute Gasteiger partial charge is 0.148 e. The number of rotatable bonds is 5. The van der Waals surface area contributed by atoms with E-state index < -0.39 is 0 Å². The molecule has 2 aromatic heterocycles. The predicted octanol–water partition coefficient (Wildman–Crippen LogP) is 2.96. The summed E-state index contributed by atoms with van der Waals surface area (Å²) < 4.78 is 1.81. The molecule has 0 amide bonds. The number of anilines is 1. The van der Waals surface area contributed by atoms with E-state index >= 15 is 0 Å². The van der Waals surface area contributed by atoms with E-state index in [-0.39, 0.29) is 0 Å². The first-order valence-electron chi connectivity index (χ1n) is 9.63. The molecule has 140 valence electrons. The molecule has 2 fully saturated rings. The summed E-state index contributed by atoms with van der Waals surface area (Å²) in [6, 6.07) is 4.65. The van der Waals surface area contributed by atoms with Crippen LogP contribution in [-0.2, 0) is 7.05 Å². The summed E-state index contributed by atoms with van der Waals surface area (Å²) in [7, 11) is 1.93. The second-order valence-corrected chi connectivity index (χ2v) is 9.17. The minimum Gasteiger partial charge on any atom is -0.365 e. The Balaban J connectivity index is 1.30. The number of nitrogens with zero attached hydrogens (tertiary/aromatic N) is 5. The van der Waals surface area contributed by atoms with Gasteiger partial charge in [0.2, 0.25) is 0 Å². The third-order valence-corrected chi connectivity index (χ3v) is 5.72. The minimum absolute atomic E-state index is 0.425. The van der Waals surface area contributed by atoms with Crippen molar-refractivity contribution in [1.29, 1.82) is 0 Å². The highest BCUT2D eigenvalue weighted by atomic mass is 15.3. The van der Waals surface area contributed by atoms with Crippen LogP contribution in [0.2, 0.25) is 0 Å². The molecule has 0 unspecified atom stereocenters. The molecule has 4 rings (SSSR count). The molecule has 2 aliphatic rings. The van der Waals surface area contributed by atoms with E-state index in [0.29, 0.717) is 11.5 Å². The van der Waals surface area contributed by atoms with Crippen LogP contribution in [0, 0.1) is 24.2 Å². The number of aryl methyl sites for hydroxylation is 2. The zero-order valence-electron chi connectivity index (χ0n) is 16.5. The monoisotopic (exact) mass is 354 g/mol. The van der Waals surface area contributed by atoms with Crippen molar-refractivity contribution in [2.45, 2.75) is 40.2 Å². The third kappa shape index (κ3) is 3.61. The lowest BCUT2D eigenvalue weighted by atomic mass is 9.92. The third-order valence-electron chi connectivity index (χ3n) is 5.72. The molecule has 3 heterocycles. The average Bonchev–Trinajstić information content (AvgIpc) is 2.92. The van der Waals surface area contributed by atoms with Gasteiger partial charge in [0, 0.05) is 37.9 Å². The number of hydrogen-bond donors (Lipinski definition) is 1. The molecule has 2 aromatic rings. The van der Waals surface area contributed by atoms with Crippen molar-refractivity contribution >= 4 is 5.82 Å². The number of nitrogens with one attached hydrogen (secondary N) is 1. The van der Waals surface area contributed by atoms with Gasteiger partial charge in [-0.15, -0.1) is 10.2 Å². The summed E-state index contributed by atoms with van der Waals surface area (Å²) in [6.45, 7) is 12.6. The van der Waals surface area contributed by atoms with Crippen LogP contribution in [-0.4, -0.2) is 50.6 Å². The largest absolute Gasteiger partial charge is 0.365 e. The molecule has 26 heavy (non-hydrogen) atoms. The summed E-state index contributed by atoms with van der Waals surface area (Å²) in [4.78, 5) is 2.62. The number of likely N-dealkylation sites (tertiary alicyclic amines) is 1. The topological polar surface area (TPSA) is 58.9 Å². The van der Waals surface area contributed by atoms with Gasteiger partial charge in [0.15, 0.2) is 0 Å². The van der Waals surface area contributed by atoms with Gasteiger partial charge in [-0.3, -0.25) is 4.68 Å². The molecule has 0 bridgehead atoms. The number of piperidine rings is 1. The van der Waals surface area contributed by atoms with Crippen LogP contribution in [0.3, 0.4) is 0 Å².